The number of benzene rings is 1. The van der Waals surface area contributed by atoms with Gasteiger partial charge in [-0.2, -0.15) is 0 Å². The predicted octanol–water partition coefficient (Wildman–Crippen LogP) is 9.48. The minimum Gasteiger partial charge on any atom is -0.478 e. The summed E-state index contributed by atoms with van der Waals surface area (Å²) in [6.07, 6.45) is 14.0. The number of halogens is 1. The molecule has 1 aromatic carbocycles. The molecular weight excluding hydrogens is 720 g/mol. The highest BCUT2D eigenvalue weighted by Gasteiger charge is 2.70. The second kappa shape index (κ2) is 14.7. The van der Waals surface area contributed by atoms with E-state index in [0.29, 0.717) is 42.8 Å². The fourth-order valence-electron chi connectivity index (χ4n) is 14.5. The third kappa shape index (κ3) is 6.38. The number of aromatic carboxylic acids is 1. The summed E-state index contributed by atoms with van der Waals surface area (Å²) < 4.78 is 0. The Hall–Kier alpha value is -2.48. The Morgan fingerprint density at radius 2 is 1.57 bits per heavy atom. The SMILES string of the molecule is CC(C)C1=C2[C@H]3CC[C@@H]4[C@@]5(C)CC=C(c6ccc(C(=O)O)cc6)C(C)(C)[C@@H]5CC[C@@]4(C)[C@]3(C)CC[C@@]2([C@@H](O)CN(CC2CC2)C(=O)CN2CCCC2)CC1=O.Cl. The van der Waals surface area contributed by atoms with Gasteiger partial charge in [0.15, 0.2) is 5.78 Å². The van der Waals surface area contributed by atoms with Gasteiger partial charge < -0.3 is 15.1 Å². The van der Waals surface area contributed by atoms with E-state index in [2.05, 4.69) is 59.4 Å². The molecule has 0 spiro atoms. The quantitative estimate of drug-likeness (QED) is 0.245. The average molecular weight is 790 g/mol. The molecule has 56 heavy (non-hydrogen) atoms. The average Bonchev–Trinajstić information content (AvgIpc) is 3.68. The number of ketones is 1. The van der Waals surface area contributed by atoms with Crippen LogP contribution in [-0.2, 0) is 9.59 Å². The van der Waals surface area contributed by atoms with Crippen LogP contribution in [0.5, 0.6) is 0 Å². The van der Waals surface area contributed by atoms with Crippen molar-refractivity contribution in [3.05, 3.63) is 52.6 Å². The number of fused-ring (bicyclic) bond motifs is 7. The fourth-order valence-corrected chi connectivity index (χ4v) is 14.5. The van der Waals surface area contributed by atoms with Crippen LogP contribution >= 0.6 is 12.4 Å². The summed E-state index contributed by atoms with van der Waals surface area (Å²) in [6.45, 7) is 20.4. The lowest BCUT2D eigenvalue weighted by molar-refractivity contribution is -0.200. The number of rotatable bonds is 10. The first-order valence-corrected chi connectivity index (χ1v) is 22.0. The van der Waals surface area contributed by atoms with Crippen LogP contribution in [0, 0.1) is 56.7 Å². The first kappa shape index (κ1) is 41.7. The number of amides is 1. The van der Waals surface area contributed by atoms with Crippen LogP contribution in [0.25, 0.3) is 5.57 Å². The zero-order valence-corrected chi connectivity index (χ0v) is 36.1. The van der Waals surface area contributed by atoms with Crippen molar-refractivity contribution in [2.45, 2.75) is 132 Å². The minimum absolute atomic E-state index is 0. The van der Waals surface area contributed by atoms with Crippen molar-refractivity contribution in [2.24, 2.45) is 56.7 Å². The molecule has 308 valence electrons. The van der Waals surface area contributed by atoms with Crippen LogP contribution in [0.15, 0.2) is 41.5 Å². The molecule has 1 aromatic rings. The van der Waals surface area contributed by atoms with E-state index in [9.17, 15) is 24.6 Å². The molecule has 7 nitrogen and oxygen atoms in total. The van der Waals surface area contributed by atoms with Gasteiger partial charge in [-0.15, -0.1) is 12.4 Å². The van der Waals surface area contributed by atoms with Crippen molar-refractivity contribution in [1.29, 1.82) is 0 Å². The molecule has 2 N–H and O–H groups in total. The van der Waals surface area contributed by atoms with E-state index < -0.39 is 17.5 Å². The molecule has 1 saturated heterocycles. The number of carboxylic acid groups (broad SMARTS) is 1. The van der Waals surface area contributed by atoms with Crippen molar-refractivity contribution < 1.29 is 24.6 Å². The number of Topliss-reactive ketones (excluding diaryl/α,β-unsaturated/α-hetero) is 1. The van der Waals surface area contributed by atoms with Crippen molar-refractivity contribution in [2.75, 3.05) is 32.7 Å². The minimum atomic E-state index is -0.891. The Bertz CT molecular complexity index is 1790. The standard InChI is InChI=1S/C48H68N2O5.ClH/c1-30(2)41-36(51)26-48(39(52)28-50(27-31-10-11-31)40(53)29-49-24-8-9-25-49)23-22-46(6)35(42(41)48)16-17-38-45(5)20-18-34(32-12-14-33(15-13-32)43(54)55)44(3,4)37(45)19-21-47(38,46)7;/h12-15,18,30-31,35,37-39,52H,8-11,16-17,19-29H2,1-7H3,(H,54,55);1H/t35-,37+,38-,39+,45+,46-,47-,48+;/m1./s1. The van der Waals surface area contributed by atoms with Gasteiger partial charge in [-0.05, 0) is 164 Å². The summed E-state index contributed by atoms with van der Waals surface area (Å²) in [4.78, 5) is 44.1. The van der Waals surface area contributed by atoms with Crippen LogP contribution < -0.4 is 0 Å². The Kier molecular flexibility index (Phi) is 10.9. The normalized spacial score (nSPS) is 36.8. The Balaban J connectivity index is 0.00000480. The molecule has 1 heterocycles. The number of aliphatic hydroxyl groups excluding tert-OH is 1. The molecule has 1 aliphatic heterocycles. The molecule has 0 bridgehead atoms. The molecule has 7 aliphatic rings. The molecule has 5 fully saturated rings. The molecule has 8 heteroatoms. The van der Waals surface area contributed by atoms with E-state index in [0.717, 1.165) is 101 Å². The smallest absolute Gasteiger partial charge is 0.335 e. The fraction of sp³-hybridized carbons (Fsp3) is 0.729. The monoisotopic (exact) mass is 788 g/mol. The lowest BCUT2D eigenvalue weighted by atomic mass is 9.33. The Morgan fingerprint density at radius 3 is 2.20 bits per heavy atom. The van der Waals surface area contributed by atoms with Gasteiger partial charge >= 0.3 is 5.97 Å². The predicted molar refractivity (Wildman–Crippen MR) is 224 cm³/mol. The van der Waals surface area contributed by atoms with Gasteiger partial charge in [-0.1, -0.05) is 72.2 Å². The van der Waals surface area contributed by atoms with Gasteiger partial charge in [-0.3, -0.25) is 14.5 Å². The number of carbonyl (C=O) groups excluding carboxylic acids is 2. The summed E-state index contributed by atoms with van der Waals surface area (Å²) >= 11 is 0. The largest absolute Gasteiger partial charge is 0.478 e. The second-order valence-electron chi connectivity index (χ2n) is 21.0. The number of likely N-dealkylation sites (tertiary alicyclic amines) is 1. The first-order valence-electron chi connectivity index (χ1n) is 22.0. The second-order valence-corrected chi connectivity index (χ2v) is 21.0. The maximum absolute atomic E-state index is 14.3. The van der Waals surface area contributed by atoms with Gasteiger partial charge in [0, 0.05) is 24.9 Å². The van der Waals surface area contributed by atoms with E-state index in [1.54, 1.807) is 12.1 Å². The highest BCUT2D eigenvalue weighted by molar-refractivity contribution is 6.01. The number of hydrogen-bond donors (Lipinski definition) is 2. The van der Waals surface area contributed by atoms with E-state index in [1.165, 1.54) is 11.1 Å². The summed E-state index contributed by atoms with van der Waals surface area (Å²) in [5.74, 6) is 1.39. The summed E-state index contributed by atoms with van der Waals surface area (Å²) in [6, 6.07) is 7.49. The number of carbonyl (C=O) groups is 3. The maximum Gasteiger partial charge on any atom is 0.335 e. The molecule has 6 aliphatic carbocycles. The van der Waals surface area contributed by atoms with Gasteiger partial charge in [0.1, 0.15) is 0 Å². The molecule has 1 amide bonds. The van der Waals surface area contributed by atoms with Gasteiger partial charge in [0.05, 0.1) is 18.2 Å². The van der Waals surface area contributed by atoms with Crippen LogP contribution in [0.1, 0.15) is 141 Å². The first-order chi connectivity index (χ1) is 26.0. The third-order valence-corrected chi connectivity index (χ3v) is 17.6. The highest BCUT2D eigenvalue weighted by Crippen LogP contribution is 2.77. The van der Waals surface area contributed by atoms with Crippen LogP contribution in [0.2, 0.25) is 0 Å². The van der Waals surface area contributed by atoms with Crippen LogP contribution in [0.3, 0.4) is 0 Å². The Labute approximate surface area is 342 Å². The van der Waals surface area contributed by atoms with E-state index >= 15 is 0 Å². The van der Waals surface area contributed by atoms with Crippen molar-refractivity contribution >= 4 is 35.6 Å². The molecule has 0 aromatic heterocycles. The zero-order chi connectivity index (χ0) is 39.3. The number of nitrogens with zero attached hydrogens (tertiary/aromatic N) is 2. The lowest BCUT2D eigenvalue weighted by Crippen LogP contribution is -2.64. The third-order valence-electron chi connectivity index (χ3n) is 17.6. The molecule has 8 rings (SSSR count). The van der Waals surface area contributed by atoms with Crippen LogP contribution in [0.4, 0.5) is 0 Å². The zero-order valence-electron chi connectivity index (χ0n) is 35.3. The summed E-state index contributed by atoms with van der Waals surface area (Å²) in [5, 5.41) is 22.1. The van der Waals surface area contributed by atoms with Crippen LogP contribution in [-0.4, -0.2) is 76.5 Å². The maximum atomic E-state index is 14.3. The summed E-state index contributed by atoms with van der Waals surface area (Å²) in [7, 11) is 0. The number of carboxylic acids is 1. The highest BCUT2D eigenvalue weighted by atomic mass is 35.5. The summed E-state index contributed by atoms with van der Waals surface area (Å²) in [5.41, 5.74) is 4.61. The van der Waals surface area contributed by atoms with Crippen molar-refractivity contribution in [3.63, 3.8) is 0 Å². The molecule has 0 radical (unpaired) electrons. The number of allylic oxidation sites excluding steroid dienone is 3. The van der Waals surface area contributed by atoms with E-state index in [-0.39, 0.29) is 57.6 Å². The van der Waals surface area contributed by atoms with Gasteiger partial charge in [0.2, 0.25) is 5.91 Å². The van der Waals surface area contributed by atoms with Gasteiger partial charge in [0.25, 0.3) is 0 Å². The molecular formula is C48H69ClN2O5. The van der Waals surface area contributed by atoms with Crippen molar-refractivity contribution in [3.8, 4) is 0 Å². The molecule has 4 saturated carbocycles. The van der Waals surface area contributed by atoms with E-state index in [4.69, 9.17) is 0 Å². The lowest BCUT2D eigenvalue weighted by Gasteiger charge is -2.71. The molecule has 8 atom stereocenters. The topological polar surface area (TPSA) is 98.2 Å². The number of hydrogen-bond acceptors (Lipinski definition) is 5. The van der Waals surface area contributed by atoms with Crippen molar-refractivity contribution in [1.82, 2.24) is 9.80 Å². The van der Waals surface area contributed by atoms with Gasteiger partial charge in [-0.25, -0.2) is 4.79 Å². The Morgan fingerprint density at radius 1 is 0.893 bits per heavy atom. The number of aliphatic hydroxyl groups is 1. The molecule has 0 unspecified atom stereocenters. The van der Waals surface area contributed by atoms with E-state index in [1.807, 2.05) is 17.0 Å².